The molecule has 196 valence electrons. The van der Waals surface area contributed by atoms with Crippen molar-refractivity contribution >= 4 is 17.6 Å². The molecule has 10 nitrogen and oxygen atoms in total. The van der Waals surface area contributed by atoms with Crippen molar-refractivity contribution in [1.29, 1.82) is 0 Å². The Bertz CT molecular complexity index is 1320. The van der Waals surface area contributed by atoms with E-state index in [0.29, 0.717) is 74.3 Å². The Balaban J connectivity index is 1.36. The Morgan fingerprint density at radius 3 is 2.21 bits per heavy atom. The molecule has 4 rings (SSSR count). The molecule has 0 aliphatic carbocycles. The topological polar surface area (TPSA) is 105 Å². The minimum atomic E-state index is -0.124. The highest BCUT2D eigenvalue weighted by atomic mass is 16.5. The summed E-state index contributed by atoms with van der Waals surface area (Å²) in [6, 6.07) is 7.10. The highest BCUT2D eigenvalue weighted by Gasteiger charge is 2.24. The van der Waals surface area contributed by atoms with Crippen LogP contribution in [0.4, 0.5) is 5.82 Å². The first kappa shape index (κ1) is 26.5. The summed E-state index contributed by atoms with van der Waals surface area (Å²) in [6.45, 7) is 9.88. The number of amides is 2. The molecule has 2 amide bonds. The number of rotatable bonds is 7. The molecule has 3 aromatic heterocycles. The molecule has 0 N–H and O–H groups in total. The number of hydrogen-bond donors (Lipinski definition) is 0. The highest BCUT2D eigenvalue weighted by Crippen LogP contribution is 2.16. The lowest BCUT2D eigenvalue weighted by atomic mass is 10.1. The number of aromatic nitrogens is 4. The third-order valence-corrected chi connectivity index (χ3v) is 6.17. The van der Waals surface area contributed by atoms with Crippen LogP contribution in [0, 0.1) is 11.8 Å². The van der Waals surface area contributed by atoms with E-state index in [4.69, 9.17) is 4.74 Å². The molecule has 10 heteroatoms. The number of piperazine rings is 1. The van der Waals surface area contributed by atoms with E-state index in [1.807, 2.05) is 32.9 Å². The van der Waals surface area contributed by atoms with Crippen molar-refractivity contribution in [2.24, 2.45) is 0 Å². The third kappa shape index (κ3) is 6.42. The molecule has 0 saturated carbocycles. The number of anilines is 1. The summed E-state index contributed by atoms with van der Waals surface area (Å²) in [6.07, 6.45) is 6.51. The molecule has 0 spiro atoms. The van der Waals surface area contributed by atoms with E-state index in [9.17, 15) is 9.59 Å². The second-order valence-electron chi connectivity index (χ2n) is 8.59. The van der Waals surface area contributed by atoms with E-state index >= 15 is 0 Å². The van der Waals surface area contributed by atoms with Crippen molar-refractivity contribution in [2.45, 2.75) is 20.8 Å². The fourth-order valence-electron chi connectivity index (χ4n) is 4.10. The monoisotopic (exact) mass is 513 g/mol. The van der Waals surface area contributed by atoms with E-state index in [-0.39, 0.29) is 11.8 Å². The number of ether oxygens (including phenoxy) is 1. The van der Waals surface area contributed by atoms with Gasteiger partial charge in [0.05, 0.1) is 18.4 Å². The lowest BCUT2D eigenvalue weighted by Crippen LogP contribution is -2.49. The van der Waals surface area contributed by atoms with E-state index in [1.54, 1.807) is 46.7 Å². The van der Waals surface area contributed by atoms with Gasteiger partial charge >= 0.3 is 0 Å². The van der Waals surface area contributed by atoms with Gasteiger partial charge in [0.15, 0.2) is 11.5 Å². The van der Waals surface area contributed by atoms with Crippen LogP contribution in [0.3, 0.4) is 0 Å². The van der Waals surface area contributed by atoms with Crippen LogP contribution in [0.1, 0.15) is 52.7 Å². The average molecular weight is 514 g/mol. The van der Waals surface area contributed by atoms with Crippen molar-refractivity contribution in [3.05, 3.63) is 71.4 Å². The Kier molecular flexibility index (Phi) is 8.82. The van der Waals surface area contributed by atoms with Crippen LogP contribution in [0.5, 0.6) is 5.75 Å². The van der Waals surface area contributed by atoms with Crippen LogP contribution < -0.4 is 9.64 Å². The van der Waals surface area contributed by atoms with Gasteiger partial charge in [-0.3, -0.25) is 19.6 Å². The van der Waals surface area contributed by atoms with Gasteiger partial charge in [-0.05, 0) is 45.0 Å². The molecule has 1 saturated heterocycles. The standard InChI is InChI=1S/C28H31N7O3/c1-4-33(5-2)28(37)25-9-10-26(32-31-25)34-11-13-35(14-12-34)27(36)23-15-21(17-29-19-23)7-8-22-16-24(38-6-3)20-30-18-22/h9-10,15-20H,4-6,11-14H2,1-3H3. The lowest BCUT2D eigenvalue weighted by molar-refractivity contribution is 0.0742. The highest BCUT2D eigenvalue weighted by molar-refractivity contribution is 5.94. The van der Waals surface area contributed by atoms with Crippen molar-refractivity contribution in [3.63, 3.8) is 0 Å². The largest absolute Gasteiger partial charge is 0.492 e. The normalized spacial score (nSPS) is 12.9. The molecule has 1 aliphatic rings. The molecule has 0 unspecified atom stereocenters. The minimum Gasteiger partial charge on any atom is -0.492 e. The molecule has 1 aliphatic heterocycles. The van der Waals surface area contributed by atoms with Gasteiger partial charge in [-0.15, -0.1) is 10.2 Å². The molecule has 0 aromatic carbocycles. The second-order valence-corrected chi connectivity index (χ2v) is 8.59. The molecule has 4 heterocycles. The van der Waals surface area contributed by atoms with Gasteiger partial charge in [0.1, 0.15) is 5.75 Å². The Labute approximate surface area is 222 Å². The SMILES string of the molecule is CCOc1cncc(C#Cc2cncc(C(=O)N3CCN(c4ccc(C(=O)N(CC)CC)nn4)CC3)c2)c1. The summed E-state index contributed by atoms with van der Waals surface area (Å²) in [4.78, 5) is 39.5. The maximum atomic E-state index is 13.1. The van der Waals surface area contributed by atoms with Crippen LogP contribution in [-0.4, -0.2) is 87.7 Å². The number of nitrogens with zero attached hydrogens (tertiary/aromatic N) is 7. The Morgan fingerprint density at radius 1 is 0.895 bits per heavy atom. The fraction of sp³-hybridized carbons (Fsp3) is 0.357. The third-order valence-electron chi connectivity index (χ3n) is 6.17. The van der Waals surface area contributed by atoms with Crippen molar-refractivity contribution in [2.75, 3.05) is 50.8 Å². The summed E-state index contributed by atoms with van der Waals surface area (Å²) in [7, 11) is 0. The quantitative estimate of drug-likeness (QED) is 0.444. The van der Waals surface area contributed by atoms with Gasteiger partial charge in [-0.1, -0.05) is 11.8 Å². The number of hydrogen-bond acceptors (Lipinski definition) is 8. The molecule has 0 atom stereocenters. The van der Waals surface area contributed by atoms with Gasteiger partial charge in [0, 0.05) is 69.0 Å². The first-order chi connectivity index (χ1) is 18.5. The molecule has 0 radical (unpaired) electrons. The zero-order valence-electron chi connectivity index (χ0n) is 21.9. The van der Waals surface area contributed by atoms with Gasteiger partial charge in [0.2, 0.25) is 0 Å². The summed E-state index contributed by atoms with van der Waals surface area (Å²) < 4.78 is 5.46. The molecular weight excluding hydrogens is 482 g/mol. The first-order valence-electron chi connectivity index (χ1n) is 12.7. The van der Waals surface area contributed by atoms with Crippen LogP contribution in [-0.2, 0) is 0 Å². The molecule has 38 heavy (non-hydrogen) atoms. The maximum Gasteiger partial charge on any atom is 0.274 e. The molecule has 0 bridgehead atoms. The van der Waals surface area contributed by atoms with Crippen molar-refractivity contribution < 1.29 is 14.3 Å². The number of carbonyl (C=O) groups is 2. The Morgan fingerprint density at radius 2 is 1.58 bits per heavy atom. The molecule has 1 fully saturated rings. The summed E-state index contributed by atoms with van der Waals surface area (Å²) >= 11 is 0. The number of carbonyl (C=O) groups excluding carboxylic acids is 2. The first-order valence-corrected chi connectivity index (χ1v) is 12.7. The Hall–Kier alpha value is -4.52. The zero-order chi connectivity index (χ0) is 26.9. The van der Waals surface area contributed by atoms with Crippen molar-refractivity contribution in [1.82, 2.24) is 30.0 Å². The predicted octanol–water partition coefficient (Wildman–Crippen LogP) is 2.51. The van der Waals surface area contributed by atoms with E-state index in [1.165, 1.54) is 0 Å². The average Bonchev–Trinajstić information content (AvgIpc) is 2.97. The molecule has 3 aromatic rings. The van der Waals surface area contributed by atoms with Gasteiger partial charge in [0.25, 0.3) is 11.8 Å². The van der Waals surface area contributed by atoms with E-state index < -0.39 is 0 Å². The summed E-state index contributed by atoms with van der Waals surface area (Å²) in [5.74, 6) is 7.24. The molecular formula is C28H31N7O3. The summed E-state index contributed by atoms with van der Waals surface area (Å²) in [5.41, 5.74) is 2.19. The van der Waals surface area contributed by atoms with Gasteiger partial charge < -0.3 is 19.4 Å². The van der Waals surface area contributed by atoms with Crippen LogP contribution in [0.25, 0.3) is 0 Å². The number of pyridine rings is 2. The smallest absolute Gasteiger partial charge is 0.274 e. The van der Waals surface area contributed by atoms with Crippen molar-refractivity contribution in [3.8, 4) is 17.6 Å². The second kappa shape index (κ2) is 12.6. The van der Waals surface area contributed by atoms with Crippen LogP contribution in [0.15, 0.2) is 49.1 Å². The lowest BCUT2D eigenvalue weighted by Gasteiger charge is -2.35. The zero-order valence-corrected chi connectivity index (χ0v) is 21.9. The fourth-order valence-corrected chi connectivity index (χ4v) is 4.10. The van der Waals surface area contributed by atoms with E-state index in [0.717, 1.165) is 5.56 Å². The van der Waals surface area contributed by atoms with Gasteiger partial charge in [-0.25, -0.2) is 0 Å². The maximum absolute atomic E-state index is 13.1. The predicted molar refractivity (Wildman–Crippen MR) is 143 cm³/mol. The van der Waals surface area contributed by atoms with Crippen LogP contribution in [0.2, 0.25) is 0 Å². The minimum absolute atomic E-state index is 0.0907. The van der Waals surface area contributed by atoms with Crippen LogP contribution >= 0.6 is 0 Å². The van der Waals surface area contributed by atoms with E-state index in [2.05, 4.69) is 36.9 Å². The summed E-state index contributed by atoms with van der Waals surface area (Å²) in [5, 5.41) is 8.40. The van der Waals surface area contributed by atoms with Gasteiger partial charge in [-0.2, -0.15) is 0 Å².